The molecule has 1 heterocycles. The first kappa shape index (κ1) is 22.9. The summed E-state index contributed by atoms with van der Waals surface area (Å²) in [7, 11) is -3.67. The highest BCUT2D eigenvalue weighted by atomic mass is 32.2. The zero-order valence-electron chi connectivity index (χ0n) is 17.7. The molecule has 0 spiro atoms. The van der Waals surface area contributed by atoms with Crippen LogP contribution in [0.2, 0.25) is 0 Å². The van der Waals surface area contributed by atoms with E-state index in [9.17, 15) is 18.0 Å². The molecule has 31 heavy (non-hydrogen) atoms. The van der Waals surface area contributed by atoms with Gasteiger partial charge in [-0.2, -0.15) is 4.31 Å². The van der Waals surface area contributed by atoms with Crippen LogP contribution in [0.1, 0.15) is 41.5 Å². The molecular formula is C22H26N2O6S. The van der Waals surface area contributed by atoms with Crippen molar-refractivity contribution < 1.29 is 27.5 Å². The standard InChI is InChI=1S/C22H26N2O6S/c1-4-29-22(26)18-5-9-19(10-6-18)23-21(25)17-7-11-20(12-8-17)31(27,28)24-13-15(2)30-16(3)14-24/h5-12,15-16H,4,13-14H2,1-3H3,(H,23,25). The SMILES string of the molecule is CCOC(=O)c1ccc(NC(=O)c2ccc(S(=O)(=O)N3CC(C)OC(C)C3)cc2)cc1. The van der Waals surface area contributed by atoms with E-state index in [4.69, 9.17) is 9.47 Å². The number of amides is 1. The predicted octanol–water partition coefficient (Wildman–Crippen LogP) is 2.91. The molecule has 2 aromatic rings. The highest BCUT2D eigenvalue weighted by Gasteiger charge is 2.32. The van der Waals surface area contributed by atoms with Gasteiger partial charge in [-0.15, -0.1) is 0 Å². The Morgan fingerprint density at radius 1 is 1.00 bits per heavy atom. The molecule has 166 valence electrons. The lowest BCUT2D eigenvalue weighted by Crippen LogP contribution is -2.48. The summed E-state index contributed by atoms with van der Waals surface area (Å²) in [6.07, 6.45) is -0.363. The minimum absolute atomic E-state index is 0.129. The first-order valence-electron chi connectivity index (χ1n) is 10.0. The summed E-state index contributed by atoms with van der Waals surface area (Å²) in [5.74, 6) is -0.817. The number of nitrogens with zero attached hydrogens (tertiary/aromatic N) is 1. The van der Waals surface area contributed by atoms with Crippen LogP contribution < -0.4 is 5.32 Å². The number of morpholine rings is 1. The number of rotatable bonds is 6. The molecule has 0 radical (unpaired) electrons. The fourth-order valence-corrected chi connectivity index (χ4v) is 4.95. The second-order valence-corrected chi connectivity index (χ2v) is 9.29. The van der Waals surface area contributed by atoms with Gasteiger partial charge in [0.25, 0.3) is 5.91 Å². The van der Waals surface area contributed by atoms with E-state index in [0.717, 1.165) is 0 Å². The molecule has 2 aromatic carbocycles. The zero-order valence-corrected chi connectivity index (χ0v) is 18.5. The Labute approximate surface area is 182 Å². The lowest BCUT2D eigenvalue weighted by atomic mass is 10.2. The largest absolute Gasteiger partial charge is 0.462 e. The van der Waals surface area contributed by atoms with Gasteiger partial charge >= 0.3 is 5.97 Å². The van der Waals surface area contributed by atoms with Crippen LogP contribution in [0.15, 0.2) is 53.4 Å². The number of hydrogen-bond donors (Lipinski definition) is 1. The second kappa shape index (κ2) is 9.59. The summed E-state index contributed by atoms with van der Waals surface area (Å²) in [5.41, 5.74) is 1.21. The molecular weight excluding hydrogens is 420 g/mol. The van der Waals surface area contributed by atoms with Gasteiger partial charge in [0.05, 0.1) is 29.3 Å². The molecule has 1 amide bonds. The van der Waals surface area contributed by atoms with Gasteiger partial charge in [-0.05, 0) is 69.3 Å². The molecule has 3 rings (SSSR count). The molecule has 0 aromatic heterocycles. The van der Waals surface area contributed by atoms with Crippen LogP contribution in [-0.4, -0.2) is 56.5 Å². The van der Waals surface area contributed by atoms with E-state index in [1.165, 1.54) is 28.6 Å². The lowest BCUT2D eigenvalue weighted by molar-refractivity contribution is -0.0440. The Hall–Kier alpha value is -2.75. The van der Waals surface area contributed by atoms with E-state index >= 15 is 0 Å². The van der Waals surface area contributed by atoms with Crippen LogP contribution in [0.4, 0.5) is 5.69 Å². The van der Waals surface area contributed by atoms with Crippen molar-refractivity contribution in [3.05, 3.63) is 59.7 Å². The monoisotopic (exact) mass is 446 g/mol. The molecule has 2 unspecified atom stereocenters. The highest BCUT2D eigenvalue weighted by Crippen LogP contribution is 2.22. The van der Waals surface area contributed by atoms with Gasteiger partial charge in [-0.1, -0.05) is 0 Å². The first-order chi connectivity index (χ1) is 14.7. The third-order valence-corrected chi connectivity index (χ3v) is 6.64. The molecule has 1 N–H and O–H groups in total. The number of esters is 1. The Morgan fingerprint density at radius 3 is 2.10 bits per heavy atom. The molecule has 1 aliphatic rings. The van der Waals surface area contributed by atoms with Gasteiger partial charge in [0, 0.05) is 24.3 Å². The van der Waals surface area contributed by atoms with Crippen molar-refractivity contribution in [2.24, 2.45) is 0 Å². The fourth-order valence-electron chi connectivity index (χ4n) is 3.36. The molecule has 0 aliphatic carbocycles. The number of hydrogen-bond acceptors (Lipinski definition) is 6. The quantitative estimate of drug-likeness (QED) is 0.685. The summed E-state index contributed by atoms with van der Waals surface area (Å²) in [5, 5.41) is 2.72. The van der Waals surface area contributed by atoms with Crippen LogP contribution >= 0.6 is 0 Å². The minimum atomic E-state index is -3.67. The maximum Gasteiger partial charge on any atom is 0.338 e. The molecule has 8 nitrogen and oxygen atoms in total. The maximum absolute atomic E-state index is 12.9. The number of anilines is 1. The van der Waals surface area contributed by atoms with Crippen molar-refractivity contribution in [2.75, 3.05) is 25.0 Å². The number of ether oxygens (including phenoxy) is 2. The third-order valence-electron chi connectivity index (χ3n) is 4.79. The number of nitrogens with one attached hydrogen (secondary N) is 1. The molecule has 1 fully saturated rings. The van der Waals surface area contributed by atoms with Crippen LogP contribution in [0, 0.1) is 0 Å². The van der Waals surface area contributed by atoms with Crippen molar-refractivity contribution in [1.82, 2.24) is 4.31 Å². The van der Waals surface area contributed by atoms with Crippen LogP contribution in [0.3, 0.4) is 0 Å². The normalized spacial score (nSPS) is 19.6. The predicted molar refractivity (Wildman–Crippen MR) is 116 cm³/mol. The molecule has 0 bridgehead atoms. The highest BCUT2D eigenvalue weighted by molar-refractivity contribution is 7.89. The van der Waals surface area contributed by atoms with Crippen molar-refractivity contribution >= 4 is 27.6 Å². The average molecular weight is 447 g/mol. The number of benzene rings is 2. The van der Waals surface area contributed by atoms with Crippen molar-refractivity contribution in [1.29, 1.82) is 0 Å². The van der Waals surface area contributed by atoms with Crippen LogP contribution in [0.5, 0.6) is 0 Å². The smallest absolute Gasteiger partial charge is 0.338 e. The van der Waals surface area contributed by atoms with Gasteiger partial charge < -0.3 is 14.8 Å². The molecule has 1 aliphatic heterocycles. The Bertz CT molecular complexity index is 1020. The first-order valence-corrected chi connectivity index (χ1v) is 11.5. The number of sulfonamides is 1. The molecule has 2 atom stereocenters. The zero-order chi connectivity index (χ0) is 22.6. The van der Waals surface area contributed by atoms with E-state index < -0.39 is 16.0 Å². The van der Waals surface area contributed by atoms with Gasteiger partial charge in [0.15, 0.2) is 0 Å². The number of carbonyl (C=O) groups is 2. The molecule has 1 saturated heterocycles. The van der Waals surface area contributed by atoms with Gasteiger partial charge in [0.2, 0.25) is 10.0 Å². The average Bonchev–Trinajstić information content (AvgIpc) is 2.74. The van der Waals surface area contributed by atoms with Crippen molar-refractivity contribution in [2.45, 2.75) is 37.9 Å². The van der Waals surface area contributed by atoms with Gasteiger partial charge in [0.1, 0.15) is 0 Å². The van der Waals surface area contributed by atoms with E-state index in [1.807, 2.05) is 13.8 Å². The topological polar surface area (TPSA) is 102 Å². The van der Waals surface area contributed by atoms with E-state index in [-0.39, 0.29) is 42.7 Å². The Morgan fingerprint density at radius 2 is 1.55 bits per heavy atom. The Balaban J connectivity index is 1.68. The van der Waals surface area contributed by atoms with Crippen LogP contribution in [-0.2, 0) is 19.5 Å². The van der Waals surface area contributed by atoms with Gasteiger partial charge in [-0.25, -0.2) is 13.2 Å². The van der Waals surface area contributed by atoms with E-state index in [1.54, 1.807) is 31.2 Å². The van der Waals surface area contributed by atoms with Crippen molar-refractivity contribution in [3.8, 4) is 0 Å². The number of carbonyl (C=O) groups excluding carboxylic acids is 2. The lowest BCUT2D eigenvalue weighted by Gasteiger charge is -2.34. The molecule has 0 saturated carbocycles. The molecule has 9 heteroatoms. The fraction of sp³-hybridized carbons (Fsp3) is 0.364. The van der Waals surface area contributed by atoms with E-state index in [0.29, 0.717) is 16.8 Å². The van der Waals surface area contributed by atoms with Gasteiger partial charge in [-0.3, -0.25) is 4.79 Å². The van der Waals surface area contributed by atoms with E-state index in [2.05, 4.69) is 5.32 Å². The maximum atomic E-state index is 12.9. The summed E-state index contributed by atoms with van der Waals surface area (Å²) >= 11 is 0. The third kappa shape index (κ3) is 5.49. The minimum Gasteiger partial charge on any atom is -0.462 e. The summed E-state index contributed by atoms with van der Waals surface area (Å²) in [6.45, 7) is 6.26. The summed E-state index contributed by atoms with van der Waals surface area (Å²) < 4.78 is 37.8. The van der Waals surface area contributed by atoms with Crippen LogP contribution in [0.25, 0.3) is 0 Å². The summed E-state index contributed by atoms with van der Waals surface area (Å²) in [6, 6.07) is 12.1. The van der Waals surface area contributed by atoms with Crippen molar-refractivity contribution in [3.63, 3.8) is 0 Å². The Kier molecular flexibility index (Phi) is 7.09. The second-order valence-electron chi connectivity index (χ2n) is 7.36. The summed E-state index contributed by atoms with van der Waals surface area (Å²) in [4.78, 5) is 24.3.